The number of alkyl halides is 3. The normalized spacial score (nSPS) is 13.2. The van der Waals surface area contributed by atoms with Crippen LogP contribution in [0.1, 0.15) is 25.5 Å². The van der Waals surface area contributed by atoms with Crippen LogP contribution in [0.25, 0.3) is 0 Å². The van der Waals surface area contributed by atoms with Crippen molar-refractivity contribution < 1.29 is 22.6 Å². The van der Waals surface area contributed by atoms with Crippen molar-refractivity contribution in [2.24, 2.45) is 0 Å². The summed E-state index contributed by atoms with van der Waals surface area (Å²) in [6, 6.07) is 1.40. The standard InChI is InChI=1S/C13H19F3N2O2/c1-3-18-12(8-19-9-13(14,15)16)10-5-11(20-4-2)7-17-6-10/h5-7,12,18H,3-4,8-9H2,1-2H3. The maximum Gasteiger partial charge on any atom is 0.411 e. The van der Waals surface area contributed by atoms with Crippen LogP contribution in [0, 0.1) is 0 Å². The Morgan fingerprint density at radius 3 is 2.65 bits per heavy atom. The van der Waals surface area contributed by atoms with Crippen molar-refractivity contribution in [3.05, 3.63) is 24.0 Å². The lowest BCUT2D eigenvalue weighted by Gasteiger charge is -2.19. The van der Waals surface area contributed by atoms with E-state index < -0.39 is 12.8 Å². The smallest absolute Gasteiger partial charge is 0.411 e. The molecule has 7 heteroatoms. The van der Waals surface area contributed by atoms with Gasteiger partial charge in [-0.1, -0.05) is 6.92 Å². The van der Waals surface area contributed by atoms with Crippen LogP contribution < -0.4 is 10.1 Å². The Hall–Kier alpha value is -1.34. The van der Waals surface area contributed by atoms with Gasteiger partial charge in [0.25, 0.3) is 0 Å². The van der Waals surface area contributed by atoms with Crippen molar-refractivity contribution in [2.75, 3.05) is 26.4 Å². The van der Waals surface area contributed by atoms with Gasteiger partial charge in [-0.05, 0) is 25.1 Å². The van der Waals surface area contributed by atoms with Crippen molar-refractivity contribution in [3.8, 4) is 5.75 Å². The van der Waals surface area contributed by atoms with Crippen molar-refractivity contribution in [1.82, 2.24) is 10.3 Å². The Balaban J connectivity index is 2.67. The second-order valence-corrected chi connectivity index (χ2v) is 4.13. The molecule has 0 saturated carbocycles. The number of rotatable bonds is 8. The third kappa shape index (κ3) is 6.21. The maximum atomic E-state index is 12.1. The number of hydrogen-bond acceptors (Lipinski definition) is 4. The number of pyridine rings is 1. The van der Waals surface area contributed by atoms with Gasteiger partial charge in [-0.3, -0.25) is 4.98 Å². The van der Waals surface area contributed by atoms with Gasteiger partial charge in [0.15, 0.2) is 0 Å². The van der Waals surface area contributed by atoms with Gasteiger partial charge in [0.2, 0.25) is 0 Å². The van der Waals surface area contributed by atoms with Crippen LogP contribution in [0.15, 0.2) is 18.5 Å². The predicted molar refractivity (Wildman–Crippen MR) is 68.7 cm³/mol. The Labute approximate surface area is 116 Å². The second kappa shape index (κ2) is 8.06. The summed E-state index contributed by atoms with van der Waals surface area (Å²) < 4.78 is 46.3. The minimum Gasteiger partial charge on any atom is -0.492 e. The van der Waals surface area contributed by atoms with Gasteiger partial charge in [0.05, 0.1) is 25.5 Å². The third-order valence-corrected chi connectivity index (χ3v) is 2.45. The first kappa shape index (κ1) is 16.7. The van der Waals surface area contributed by atoms with Crippen LogP contribution in [0.4, 0.5) is 13.2 Å². The Kier molecular flexibility index (Phi) is 6.74. The largest absolute Gasteiger partial charge is 0.492 e. The molecular formula is C13H19F3N2O2. The molecule has 4 nitrogen and oxygen atoms in total. The van der Waals surface area contributed by atoms with E-state index in [-0.39, 0.29) is 12.6 Å². The number of likely N-dealkylation sites (N-methyl/N-ethyl adjacent to an activating group) is 1. The summed E-state index contributed by atoms with van der Waals surface area (Å²) in [5, 5.41) is 3.07. The molecule has 0 aliphatic carbocycles. The molecule has 1 heterocycles. The fourth-order valence-corrected chi connectivity index (χ4v) is 1.68. The molecule has 0 amide bonds. The second-order valence-electron chi connectivity index (χ2n) is 4.13. The van der Waals surface area contributed by atoms with Crippen LogP contribution in [0.5, 0.6) is 5.75 Å². The van der Waals surface area contributed by atoms with E-state index >= 15 is 0 Å². The summed E-state index contributed by atoms with van der Waals surface area (Å²) in [5.74, 6) is 0.587. The zero-order valence-corrected chi connectivity index (χ0v) is 11.5. The molecule has 0 aromatic carbocycles. The molecule has 0 saturated heterocycles. The van der Waals surface area contributed by atoms with E-state index in [0.29, 0.717) is 18.9 Å². The lowest BCUT2D eigenvalue weighted by Crippen LogP contribution is -2.28. The molecule has 1 unspecified atom stereocenters. The average molecular weight is 292 g/mol. The summed E-state index contributed by atoms with van der Waals surface area (Å²) in [6.45, 7) is 3.50. The molecule has 0 fully saturated rings. The minimum atomic E-state index is -4.32. The molecule has 1 aromatic rings. The van der Waals surface area contributed by atoms with Crippen LogP contribution >= 0.6 is 0 Å². The zero-order chi connectivity index (χ0) is 15.0. The molecule has 1 rings (SSSR count). The van der Waals surface area contributed by atoms with Gasteiger partial charge < -0.3 is 14.8 Å². The Morgan fingerprint density at radius 2 is 2.05 bits per heavy atom. The van der Waals surface area contributed by atoms with E-state index in [1.807, 2.05) is 13.8 Å². The highest BCUT2D eigenvalue weighted by atomic mass is 19.4. The number of aromatic nitrogens is 1. The SMILES string of the molecule is CCNC(COCC(F)(F)F)c1cncc(OCC)c1. The summed E-state index contributed by atoms with van der Waals surface area (Å²) in [6.07, 6.45) is -1.17. The molecule has 0 aliphatic rings. The molecular weight excluding hydrogens is 273 g/mol. The first-order chi connectivity index (χ1) is 9.46. The summed E-state index contributed by atoms with van der Waals surface area (Å²) in [4.78, 5) is 4.02. The first-order valence-corrected chi connectivity index (χ1v) is 6.42. The van der Waals surface area contributed by atoms with E-state index in [0.717, 1.165) is 5.56 Å². The van der Waals surface area contributed by atoms with Crippen molar-refractivity contribution in [2.45, 2.75) is 26.1 Å². The average Bonchev–Trinajstić information content (AvgIpc) is 2.37. The van der Waals surface area contributed by atoms with Crippen molar-refractivity contribution in [3.63, 3.8) is 0 Å². The van der Waals surface area contributed by atoms with Gasteiger partial charge in [-0.15, -0.1) is 0 Å². The van der Waals surface area contributed by atoms with Crippen LogP contribution in [0.2, 0.25) is 0 Å². The first-order valence-electron chi connectivity index (χ1n) is 6.42. The summed E-state index contributed by atoms with van der Waals surface area (Å²) in [5.41, 5.74) is 0.736. The Bertz CT molecular complexity index is 399. The van der Waals surface area contributed by atoms with Gasteiger partial charge in [-0.2, -0.15) is 13.2 Å². The monoisotopic (exact) mass is 292 g/mol. The van der Waals surface area contributed by atoms with Gasteiger partial charge in [0.1, 0.15) is 12.4 Å². The third-order valence-electron chi connectivity index (χ3n) is 2.45. The van der Waals surface area contributed by atoms with Gasteiger partial charge >= 0.3 is 6.18 Å². The molecule has 114 valence electrons. The van der Waals surface area contributed by atoms with Crippen molar-refractivity contribution in [1.29, 1.82) is 0 Å². The fourth-order valence-electron chi connectivity index (χ4n) is 1.68. The molecule has 0 bridgehead atoms. The van der Waals surface area contributed by atoms with Crippen LogP contribution in [-0.2, 0) is 4.74 Å². The Morgan fingerprint density at radius 1 is 1.30 bits per heavy atom. The summed E-state index contributed by atoms with van der Waals surface area (Å²) >= 11 is 0. The number of nitrogens with one attached hydrogen (secondary N) is 1. The minimum absolute atomic E-state index is 0.0788. The topological polar surface area (TPSA) is 43.4 Å². The van der Waals surface area contributed by atoms with E-state index in [4.69, 9.17) is 9.47 Å². The van der Waals surface area contributed by atoms with Gasteiger partial charge in [0, 0.05) is 6.20 Å². The highest BCUT2D eigenvalue weighted by molar-refractivity contribution is 5.26. The molecule has 20 heavy (non-hydrogen) atoms. The molecule has 0 radical (unpaired) electrons. The summed E-state index contributed by atoms with van der Waals surface area (Å²) in [7, 11) is 0. The molecule has 1 atom stereocenters. The quantitative estimate of drug-likeness (QED) is 0.800. The molecule has 0 spiro atoms. The van der Waals surface area contributed by atoms with Crippen LogP contribution in [-0.4, -0.2) is 37.5 Å². The zero-order valence-electron chi connectivity index (χ0n) is 11.5. The number of nitrogens with zero attached hydrogens (tertiary/aromatic N) is 1. The van der Waals surface area contributed by atoms with E-state index in [2.05, 4.69) is 10.3 Å². The lowest BCUT2D eigenvalue weighted by atomic mass is 10.1. The number of hydrogen-bond donors (Lipinski definition) is 1. The highest BCUT2D eigenvalue weighted by Gasteiger charge is 2.28. The highest BCUT2D eigenvalue weighted by Crippen LogP contribution is 2.20. The predicted octanol–water partition coefficient (Wildman–Crippen LogP) is 2.71. The lowest BCUT2D eigenvalue weighted by molar-refractivity contribution is -0.175. The molecule has 1 N–H and O–H groups in total. The van der Waals surface area contributed by atoms with Crippen molar-refractivity contribution >= 4 is 0 Å². The van der Waals surface area contributed by atoms with Crippen LogP contribution in [0.3, 0.4) is 0 Å². The number of ether oxygens (including phenoxy) is 2. The van der Waals surface area contributed by atoms with E-state index in [9.17, 15) is 13.2 Å². The maximum absolute atomic E-state index is 12.1. The molecule has 1 aromatic heterocycles. The van der Waals surface area contributed by atoms with Gasteiger partial charge in [-0.25, -0.2) is 0 Å². The van der Waals surface area contributed by atoms with E-state index in [1.165, 1.54) is 0 Å². The van der Waals surface area contributed by atoms with E-state index in [1.54, 1.807) is 18.5 Å². The number of halogens is 3. The fraction of sp³-hybridized carbons (Fsp3) is 0.615. The molecule has 0 aliphatic heterocycles.